The number of hydrogen-bond donors (Lipinski definition) is 3. The summed E-state index contributed by atoms with van der Waals surface area (Å²) in [5.41, 5.74) is 11.5. The maximum Gasteiger partial charge on any atom is 0.265 e. The van der Waals surface area contributed by atoms with Crippen LogP contribution in [0.5, 0.6) is 0 Å². The lowest BCUT2D eigenvalue weighted by atomic mass is 10.2. The van der Waals surface area contributed by atoms with Crippen LogP contribution in [0.25, 0.3) is 0 Å². The Morgan fingerprint density at radius 1 is 1.38 bits per heavy atom. The summed E-state index contributed by atoms with van der Waals surface area (Å²) in [7, 11) is 3.24. The SMILES string of the molecule is CC(C)OCCNc1sc(C(=O)N(C)C)c(N)c1C(N)=O. The average Bonchev–Trinajstić information content (AvgIpc) is 2.70. The van der Waals surface area contributed by atoms with Gasteiger partial charge in [0.1, 0.15) is 9.88 Å². The summed E-state index contributed by atoms with van der Waals surface area (Å²) in [6.07, 6.45) is 0.127. The van der Waals surface area contributed by atoms with Gasteiger partial charge in [-0.05, 0) is 13.8 Å². The summed E-state index contributed by atoms with van der Waals surface area (Å²) in [6, 6.07) is 0. The molecule has 0 aliphatic carbocycles. The zero-order valence-electron chi connectivity index (χ0n) is 12.7. The van der Waals surface area contributed by atoms with Crippen molar-refractivity contribution in [2.75, 3.05) is 38.3 Å². The molecule has 0 aliphatic rings. The first kappa shape index (κ1) is 17.3. The number of ether oxygens (including phenoxy) is 1. The Balaban J connectivity index is 2.95. The molecule has 0 saturated carbocycles. The topological polar surface area (TPSA) is 111 Å². The molecule has 0 unspecified atom stereocenters. The highest BCUT2D eigenvalue weighted by atomic mass is 32.1. The predicted octanol–water partition coefficient (Wildman–Crippen LogP) is 0.968. The molecule has 0 fully saturated rings. The van der Waals surface area contributed by atoms with Gasteiger partial charge >= 0.3 is 0 Å². The number of rotatable bonds is 7. The normalized spacial score (nSPS) is 10.7. The Labute approximate surface area is 128 Å². The van der Waals surface area contributed by atoms with Crippen LogP contribution in [0, 0.1) is 0 Å². The molecule has 0 bridgehead atoms. The molecule has 0 spiro atoms. The lowest BCUT2D eigenvalue weighted by Crippen LogP contribution is -2.22. The second-order valence-electron chi connectivity index (χ2n) is 4.96. The number of thiophene rings is 1. The van der Waals surface area contributed by atoms with Gasteiger partial charge in [0, 0.05) is 20.6 Å². The third-order valence-corrected chi connectivity index (χ3v) is 3.78. The molecule has 7 nitrogen and oxygen atoms in total. The van der Waals surface area contributed by atoms with E-state index in [9.17, 15) is 9.59 Å². The van der Waals surface area contributed by atoms with Gasteiger partial charge in [0.05, 0.1) is 24.0 Å². The standard InChI is InChI=1S/C13H22N4O3S/c1-7(2)20-6-5-16-12-8(11(15)18)9(14)10(21-12)13(19)17(3)4/h7,16H,5-6,14H2,1-4H3,(H2,15,18). The van der Waals surface area contributed by atoms with Crippen molar-refractivity contribution in [3.05, 3.63) is 10.4 Å². The second kappa shape index (κ2) is 7.28. The summed E-state index contributed by atoms with van der Waals surface area (Å²) in [6.45, 7) is 4.84. The van der Waals surface area contributed by atoms with E-state index in [1.165, 1.54) is 4.90 Å². The van der Waals surface area contributed by atoms with E-state index in [4.69, 9.17) is 16.2 Å². The predicted molar refractivity (Wildman–Crippen MR) is 84.8 cm³/mol. The van der Waals surface area contributed by atoms with Gasteiger partial charge < -0.3 is 26.4 Å². The molecule has 1 aromatic rings. The number of anilines is 2. The van der Waals surface area contributed by atoms with Gasteiger partial charge in [-0.2, -0.15) is 0 Å². The quantitative estimate of drug-likeness (QED) is 0.649. The first-order valence-corrected chi connectivity index (χ1v) is 7.36. The number of nitrogen functional groups attached to an aromatic ring is 1. The molecule has 0 atom stereocenters. The van der Waals surface area contributed by atoms with Gasteiger partial charge in [0.25, 0.3) is 11.8 Å². The van der Waals surface area contributed by atoms with Gasteiger partial charge in [0.2, 0.25) is 0 Å². The smallest absolute Gasteiger partial charge is 0.265 e. The molecule has 21 heavy (non-hydrogen) atoms. The minimum absolute atomic E-state index is 0.124. The minimum atomic E-state index is -0.658. The highest BCUT2D eigenvalue weighted by molar-refractivity contribution is 7.19. The van der Waals surface area contributed by atoms with Crippen molar-refractivity contribution >= 4 is 33.8 Å². The van der Waals surface area contributed by atoms with Gasteiger partial charge in [-0.25, -0.2) is 0 Å². The van der Waals surface area contributed by atoms with E-state index in [1.54, 1.807) is 14.1 Å². The number of amides is 2. The van der Waals surface area contributed by atoms with Crippen LogP contribution >= 0.6 is 11.3 Å². The number of hydrogen-bond acceptors (Lipinski definition) is 6. The molecule has 2 amide bonds. The number of nitrogens with two attached hydrogens (primary N) is 2. The molecule has 5 N–H and O–H groups in total. The van der Waals surface area contributed by atoms with Crippen molar-refractivity contribution in [2.24, 2.45) is 5.73 Å². The van der Waals surface area contributed by atoms with Crippen LogP contribution in [0.1, 0.15) is 33.9 Å². The molecular weight excluding hydrogens is 292 g/mol. The Morgan fingerprint density at radius 2 is 2.00 bits per heavy atom. The summed E-state index contributed by atoms with van der Waals surface area (Å²) in [5, 5.41) is 3.54. The number of carbonyl (C=O) groups excluding carboxylic acids is 2. The first-order valence-electron chi connectivity index (χ1n) is 6.54. The molecule has 0 saturated heterocycles. The first-order chi connectivity index (χ1) is 9.75. The highest BCUT2D eigenvalue weighted by Gasteiger charge is 2.24. The van der Waals surface area contributed by atoms with Crippen LogP contribution in [-0.2, 0) is 4.74 Å². The van der Waals surface area contributed by atoms with Crippen molar-refractivity contribution < 1.29 is 14.3 Å². The highest BCUT2D eigenvalue weighted by Crippen LogP contribution is 2.35. The van der Waals surface area contributed by atoms with Crippen LogP contribution in [0.3, 0.4) is 0 Å². The van der Waals surface area contributed by atoms with E-state index in [1.807, 2.05) is 13.8 Å². The van der Waals surface area contributed by atoms with E-state index >= 15 is 0 Å². The average molecular weight is 314 g/mol. The van der Waals surface area contributed by atoms with Crippen molar-refractivity contribution in [2.45, 2.75) is 20.0 Å². The Hall–Kier alpha value is -1.80. The number of primary amides is 1. The van der Waals surface area contributed by atoms with Crippen molar-refractivity contribution in [1.29, 1.82) is 0 Å². The zero-order chi connectivity index (χ0) is 16.2. The van der Waals surface area contributed by atoms with Gasteiger partial charge in [-0.3, -0.25) is 9.59 Å². The maximum absolute atomic E-state index is 12.0. The molecule has 1 heterocycles. The van der Waals surface area contributed by atoms with E-state index < -0.39 is 5.91 Å². The van der Waals surface area contributed by atoms with Crippen molar-refractivity contribution in [1.82, 2.24) is 4.90 Å². The fourth-order valence-electron chi connectivity index (χ4n) is 1.63. The largest absolute Gasteiger partial charge is 0.397 e. The summed E-state index contributed by atoms with van der Waals surface area (Å²) in [5.74, 6) is -0.916. The number of nitrogens with zero attached hydrogens (tertiary/aromatic N) is 1. The van der Waals surface area contributed by atoms with Crippen molar-refractivity contribution in [3.63, 3.8) is 0 Å². The molecule has 0 aliphatic heterocycles. The Bertz CT molecular complexity index is 526. The molecular formula is C13H22N4O3S. The maximum atomic E-state index is 12.0. The summed E-state index contributed by atoms with van der Waals surface area (Å²) >= 11 is 1.13. The molecule has 0 aromatic carbocycles. The monoisotopic (exact) mass is 314 g/mol. The summed E-state index contributed by atoms with van der Waals surface area (Å²) < 4.78 is 5.41. The number of carbonyl (C=O) groups is 2. The van der Waals surface area contributed by atoms with E-state index in [-0.39, 0.29) is 23.3 Å². The lowest BCUT2D eigenvalue weighted by molar-refractivity contribution is 0.0833. The van der Waals surface area contributed by atoms with Crippen molar-refractivity contribution in [3.8, 4) is 0 Å². The molecule has 118 valence electrons. The van der Waals surface area contributed by atoms with E-state index in [0.717, 1.165) is 11.3 Å². The van der Waals surface area contributed by atoms with Gasteiger partial charge in [-0.15, -0.1) is 11.3 Å². The fraction of sp³-hybridized carbons (Fsp3) is 0.538. The van der Waals surface area contributed by atoms with Crippen LogP contribution in [-0.4, -0.2) is 50.1 Å². The molecule has 1 rings (SSSR count). The Morgan fingerprint density at radius 3 is 2.48 bits per heavy atom. The lowest BCUT2D eigenvalue weighted by Gasteiger charge is -2.09. The van der Waals surface area contributed by atoms with Crippen LogP contribution in [0.2, 0.25) is 0 Å². The van der Waals surface area contributed by atoms with Gasteiger partial charge in [0.15, 0.2) is 0 Å². The summed E-state index contributed by atoms with van der Waals surface area (Å²) in [4.78, 5) is 25.3. The second-order valence-corrected chi connectivity index (χ2v) is 5.98. The van der Waals surface area contributed by atoms with Crippen LogP contribution in [0.15, 0.2) is 0 Å². The van der Waals surface area contributed by atoms with Crippen LogP contribution < -0.4 is 16.8 Å². The molecule has 0 radical (unpaired) electrons. The molecule has 8 heteroatoms. The number of nitrogens with one attached hydrogen (secondary N) is 1. The molecule has 1 aromatic heterocycles. The third kappa shape index (κ3) is 4.33. The fourth-order valence-corrected chi connectivity index (χ4v) is 2.81. The van der Waals surface area contributed by atoms with E-state index in [2.05, 4.69) is 5.32 Å². The Kier molecular flexibility index (Phi) is 5.98. The van der Waals surface area contributed by atoms with E-state index in [0.29, 0.717) is 23.0 Å². The third-order valence-electron chi connectivity index (χ3n) is 2.63. The minimum Gasteiger partial charge on any atom is -0.397 e. The van der Waals surface area contributed by atoms with Crippen LogP contribution in [0.4, 0.5) is 10.7 Å². The zero-order valence-corrected chi connectivity index (χ0v) is 13.5. The van der Waals surface area contributed by atoms with Gasteiger partial charge in [-0.1, -0.05) is 0 Å².